The van der Waals surface area contributed by atoms with Gasteiger partial charge in [-0.25, -0.2) is 0 Å². The Kier molecular flexibility index (Phi) is 64.9. The summed E-state index contributed by atoms with van der Waals surface area (Å²) in [6.45, 7) is 6.50. The summed E-state index contributed by atoms with van der Waals surface area (Å²) in [5.74, 6) is -5.00. The van der Waals surface area contributed by atoms with Crippen LogP contribution < -0.4 is 0 Å². The van der Waals surface area contributed by atoms with Gasteiger partial charge in [-0.3, -0.25) is 28.8 Å². The Morgan fingerprint density at radius 2 is 0.360 bits per heavy atom. The van der Waals surface area contributed by atoms with Gasteiger partial charge in [0.15, 0.2) is 0 Å². The zero-order valence-corrected chi connectivity index (χ0v) is 15.8. The molecule has 0 spiro atoms. The van der Waals surface area contributed by atoms with Crippen LogP contribution in [0.5, 0.6) is 0 Å². The Bertz CT molecular complexity index is 261. The molecule has 0 amide bonds. The van der Waals surface area contributed by atoms with E-state index >= 15 is 0 Å². The third kappa shape index (κ3) is 1140. The van der Waals surface area contributed by atoms with E-state index in [1.807, 2.05) is 0 Å². The van der Waals surface area contributed by atoms with E-state index in [0.29, 0.717) is 0 Å². The molecule has 0 unspecified atom stereocenters. The second-order valence-electron chi connectivity index (χ2n) is 3.11. The maximum Gasteiger partial charge on any atom is 0.300 e. The number of aliphatic carboxylic acids is 6. The largest absolute Gasteiger partial charge is 0.481 e. The molecular formula is C12H24CrO12. The Balaban J connectivity index is -0.0000000309. The molecule has 0 aliphatic rings. The molecule has 0 aliphatic carbocycles. The summed E-state index contributed by atoms with van der Waals surface area (Å²) < 4.78 is 0. The zero-order valence-electron chi connectivity index (χ0n) is 14.5. The van der Waals surface area contributed by atoms with E-state index in [-0.39, 0.29) is 17.4 Å². The van der Waals surface area contributed by atoms with Crippen molar-refractivity contribution in [2.24, 2.45) is 0 Å². The van der Waals surface area contributed by atoms with Crippen molar-refractivity contribution in [2.45, 2.75) is 41.5 Å². The Hall–Kier alpha value is -2.65. The summed E-state index contributed by atoms with van der Waals surface area (Å²) in [7, 11) is 0. The Morgan fingerprint density at radius 1 is 0.360 bits per heavy atom. The number of hydrogen-bond acceptors (Lipinski definition) is 6. The molecule has 150 valence electrons. The van der Waals surface area contributed by atoms with Crippen LogP contribution >= 0.6 is 0 Å². The van der Waals surface area contributed by atoms with Gasteiger partial charge in [-0.1, -0.05) is 0 Å². The zero-order chi connectivity index (χ0) is 21.5. The maximum absolute atomic E-state index is 9.00. The summed E-state index contributed by atoms with van der Waals surface area (Å²) in [6.07, 6.45) is 0. The van der Waals surface area contributed by atoms with Crippen molar-refractivity contribution in [2.75, 3.05) is 0 Å². The molecule has 0 aromatic heterocycles. The molecule has 12 nitrogen and oxygen atoms in total. The molecule has 0 atom stereocenters. The summed E-state index contributed by atoms with van der Waals surface area (Å²) in [5.41, 5.74) is 0. The van der Waals surface area contributed by atoms with Gasteiger partial charge < -0.3 is 30.6 Å². The molecule has 0 heterocycles. The number of carboxylic acids is 6. The molecule has 0 aliphatic heterocycles. The number of carboxylic acid groups (broad SMARTS) is 6. The second kappa shape index (κ2) is 37.5. The minimum atomic E-state index is -0.833. The van der Waals surface area contributed by atoms with Crippen molar-refractivity contribution in [3.8, 4) is 0 Å². The van der Waals surface area contributed by atoms with Crippen molar-refractivity contribution < 1.29 is 76.8 Å². The standard InChI is InChI=1S/6C2H4O2.Cr/c6*1-2(3)4;/h6*1H3,(H,3,4);. The summed E-state index contributed by atoms with van der Waals surface area (Å²) in [6, 6.07) is 0. The van der Waals surface area contributed by atoms with Crippen LogP contribution in [0.1, 0.15) is 41.5 Å². The first-order valence-corrected chi connectivity index (χ1v) is 5.57. The molecule has 0 saturated carbocycles. The smallest absolute Gasteiger partial charge is 0.300 e. The van der Waals surface area contributed by atoms with Gasteiger partial charge in [-0.05, 0) is 0 Å². The average molecular weight is 412 g/mol. The van der Waals surface area contributed by atoms with E-state index in [2.05, 4.69) is 0 Å². The molecular weight excluding hydrogens is 388 g/mol. The third-order valence-electron chi connectivity index (χ3n) is 0. The van der Waals surface area contributed by atoms with E-state index in [4.69, 9.17) is 59.4 Å². The minimum Gasteiger partial charge on any atom is -0.481 e. The second-order valence-corrected chi connectivity index (χ2v) is 3.11. The number of hydrogen-bond donors (Lipinski definition) is 6. The van der Waals surface area contributed by atoms with Gasteiger partial charge in [0.1, 0.15) is 0 Å². The summed E-state index contributed by atoms with van der Waals surface area (Å²) >= 11 is 0. The van der Waals surface area contributed by atoms with Crippen LogP contribution in [-0.4, -0.2) is 66.5 Å². The van der Waals surface area contributed by atoms with Crippen molar-refractivity contribution in [1.82, 2.24) is 0 Å². The van der Waals surface area contributed by atoms with Crippen molar-refractivity contribution in [1.29, 1.82) is 0 Å². The van der Waals surface area contributed by atoms with E-state index in [1.165, 1.54) is 0 Å². The van der Waals surface area contributed by atoms with Crippen LogP contribution in [0.2, 0.25) is 0 Å². The average Bonchev–Trinajstić information content (AvgIpc) is 2.08. The number of rotatable bonds is 0. The van der Waals surface area contributed by atoms with Crippen LogP contribution in [0, 0.1) is 0 Å². The third-order valence-corrected chi connectivity index (χ3v) is 0. The molecule has 25 heavy (non-hydrogen) atoms. The summed E-state index contributed by atoms with van der Waals surface area (Å²) in [5, 5.41) is 44.5. The molecule has 0 aromatic rings. The topological polar surface area (TPSA) is 224 Å². The molecule has 0 aromatic carbocycles. The fourth-order valence-electron chi connectivity index (χ4n) is 0. The molecule has 0 bridgehead atoms. The SMILES string of the molecule is CC(=O)O.CC(=O)O.CC(=O)O.CC(=O)O.CC(=O)O.CC(=O)O.[Cr]. The number of carbonyl (C=O) groups is 6. The first-order valence-electron chi connectivity index (χ1n) is 5.57. The van der Waals surface area contributed by atoms with Gasteiger partial charge in [0.25, 0.3) is 35.8 Å². The normalized spacial score (nSPS) is 6.00. The molecule has 6 N–H and O–H groups in total. The van der Waals surface area contributed by atoms with E-state index < -0.39 is 35.8 Å². The van der Waals surface area contributed by atoms with Gasteiger partial charge >= 0.3 is 0 Å². The fraction of sp³-hybridized carbons (Fsp3) is 0.500. The van der Waals surface area contributed by atoms with Crippen LogP contribution in [0.15, 0.2) is 0 Å². The first-order chi connectivity index (χ1) is 10.4. The first kappa shape index (κ1) is 43.2. The Morgan fingerprint density at radius 3 is 0.360 bits per heavy atom. The fourth-order valence-corrected chi connectivity index (χ4v) is 0. The molecule has 0 fully saturated rings. The predicted molar refractivity (Wildman–Crippen MR) is 79.9 cm³/mol. The predicted octanol–water partition coefficient (Wildman–Crippen LogP) is 0.543. The summed E-state index contributed by atoms with van der Waals surface area (Å²) in [4.78, 5) is 54.0. The van der Waals surface area contributed by atoms with E-state index in [0.717, 1.165) is 41.5 Å². The van der Waals surface area contributed by atoms with E-state index in [9.17, 15) is 0 Å². The van der Waals surface area contributed by atoms with E-state index in [1.54, 1.807) is 0 Å². The minimum absolute atomic E-state index is 0. The van der Waals surface area contributed by atoms with Gasteiger partial charge in [-0.2, -0.15) is 0 Å². The van der Waals surface area contributed by atoms with Gasteiger partial charge in [0.2, 0.25) is 0 Å². The van der Waals surface area contributed by atoms with Crippen LogP contribution in [0.3, 0.4) is 0 Å². The van der Waals surface area contributed by atoms with Crippen molar-refractivity contribution in [3.63, 3.8) is 0 Å². The molecule has 0 saturated heterocycles. The van der Waals surface area contributed by atoms with Crippen LogP contribution in [0.4, 0.5) is 0 Å². The van der Waals surface area contributed by atoms with Crippen molar-refractivity contribution >= 4 is 35.8 Å². The Labute approximate surface area is 154 Å². The van der Waals surface area contributed by atoms with Crippen LogP contribution in [-0.2, 0) is 46.1 Å². The molecule has 0 radical (unpaired) electrons. The van der Waals surface area contributed by atoms with Gasteiger partial charge in [0, 0.05) is 58.9 Å². The van der Waals surface area contributed by atoms with Gasteiger partial charge in [0.05, 0.1) is 0 Å². The maximum atomic E-state index is 9.00. The van der Waals surface area contributed by atoms with Gasteiger partial charge in [-0.15, -0.1) is 0 Å². The molecule has 0 rings (SSSR count). The molecule has 13 heteroatoms. The monoisotopic (exact) mass is 412 g/mol. The van der Waals surface area contributed by atoms with Crippen LogP contribution in [0.25, 0.3) is 0 Å². The quantitative estimate of drug-likeness (QED) is 0.320. The van der Waals surface area contributed by atoms with Crippen molar-refractivity contribution in [3.05, 3.63) is 0 Å².